The van der Waals surface area contributed by atoms with Crippen molar-refractivity contribution < 1.29 is 0 Å². The maximum absolute atomic E-state index is 4.06. The van der Waals surface area contributed by atoms with Crippen molar-refractivity contribution in [3.8, 4) is 11.1 Å². The van der Waals surface area contributed by atoms with Crippen LogP contribution in [0.2, 0.25) is 0 Å². The third-order valence-corrected chi connectivity index (χ3v) is 4.87. The molecule has 0 saturated heterocycles. The Morgan fingerprint density at radius 2 is 1.54 bits per heavy atom. The summed E-state index contributed by atoms with van der Waals surface area (Å²) >= 11 is 0. The molecule has 0 unspecified atom stereocenters. The minimum absolute atomic E-state index is 1.09. The molecule has 2 aromatic rings. The van der Waals surface area contributed by atoms with Gasteiger partial charge in [-0.15, -0.1) is 0 Å². The van der Waals surface area contributed by atoms with Gasteiger partial charge in [0.2, 0.25) is 0 Å². The van der Waals surface area contributed by atoms with Gasteiger partial charge in [-0.05, 0) is 84.4 Å². The van der Waals surface area contributed by atoms with Crippen molar-refractivity contribution in [2.24, 2.45) is 0 Å². The van der Waals surface area contributed by atoms with Gasteiger partial charge >= 0.3 is 0 Å². The molecule has 0 bridgehead atoms. The standard InChI is InChI=1S/C28H30/c1-7-11-15-23(8-2)24(9-3)19-25(10-4)26-18-17-22(6)28(20-26)27-16-13-12-14-21(27)5/h7-20H,2,4H2,1,3,5-6H3/b11-7-,23-15+,24-9+,25-19+. The molecule has 0 aliphatic rings. The van der Waals surface area contributed by atoms with Crippen molar-refractivity contribution in [1.29, 1.82) is 0 Å². The Labute approximate surface area is 170 Å². The normalized spacial score (nSPS) is 13.1. The maximum Gasteiger partial charge on any atom is -0.0146 e. The van der Waals surface area contributed by atoms with Gasteiger partial charge in [0.1, 0.15) is 0 Å². The molecule has 0 spiro atoms. The van der Waals surface area contributed by atoms with E-state index in [0.717, 1.165) is 22.3 Å². The second kappa shape index (κ2) is 10.3. The van der Waals surface area contributed by atoms with Gasteiger partial charge in [0.05, 0.1) is 0 Å². The summed E-state index contributed by atoms with van der Waals surface area (Å²) in [6, 6.07) is 15.1. The Balaban J connectivity index is 2.57. The van der Waals surface area contributed by atoms with Crippen LogP contribution in [0.5, 0.6) is 0 Å². The van der Waals surface area contributed by atoms with Crippen LogP contribution in [0.1, 0.15) is 30.5 Å². The lowest BCUT2D eigenvalue weighted by Gasteiger charge is -2.13. The van der Waals surface area contributed by atoms with Gasteiger partial charge in [0, 0.05) is 0 Å². The molecule has 142 valence electrons. The van der Waals surface area contributed by atoms with Crippen LogP contribution in [0.15, 0.2) is 109 Å². The third-order valence-electron chi connectivity index (χ3n) is 4.87. The van der Waals surface area contributed by atoms with Gasteiger partial charge in [0.15, 0.2) is 0 Å². The van der Waals surface area contributed by atoms with E-state index in [-0.39, 0.29) is 0 Å². The Hall–Kier alpha value is -3.12. The van der Waals surface area contributed by atoms with Gasteiger partial charge in [-0.1, -0.05) is 86.0 Å². The summed E-state index contributed by atoms with van der Waals surface area (Å²) in [5.41, 5.74) is 9.56. The van der Waals surface area contributed by atoms with Crippen LogP contribution in [-0.4, -0.2) is 0 Å². The van der Waals surface area contributed by atoms with Crippen LogP contribution in [0.3, 0.4) is 0 Å². The Kier molecular flexibility index (Phi) is 7.77. The molecule has 0 N–H and O–H groups in total. The van der Waals surface area contributed by atoms with E-state index in [1.54, 1.807) is 0 Å². The molecule has 0 aliphatic heterocycles. The molecule has 0 atom stereocenters. The van der Waals surface area contributed by atoms with Crippen molar-refractivity contribution in [3.63, 3.8) is 0 Å². The molecule has 0 amide bonds. The monoisotopic (exact) mass is 366 g/mol. The molecule has 0 aliphatic carbocycles. The Morgan fingerprint density at radius 1 is 0.821 bits per heavy atom. The second-order valence-corrected chi connectivity index (χ2v) is 6.74. The second-order valence-electron chi connectivity index (χ2n) is 6.74. The van der Waals surface area contributed by atoms with Crippen LogP contribution in [-0.2, 0) is 0 Å². The van der Waals surface area contributed by atoms with Crippen LogP contribution in [0, 0.1) is 13.8 Å². The zero-order chi connectivity index (χ0) is 20.5. The fourth-order valence-corrected chi connectivity index (χ4v) is 3.21. The summed E-state index contributed by atoms with van der Waals surface area (Å²) < 4.78 is 0. The molecule has 0 radical (unpaired) electrons. The first-order valence-electron chi connectivity index (χ1n) is 9.69. The lowest BCUT2D eigenvalue weighted by molar-refractivity contribution is 1.40. The van der Waals surface area contributed by atoms with Gasteiger partial charge in [-0.25, -0.2) is 0 Å². The van der Waals surface area contributed by atoms with Crippen LogP contribution in [0.4, 0.5) is 0 Å². The van der Waals surface area contributed by atoms with Crippen LogP contribution in [0.25, 0.3) is 16.7 Å². The number of rotatable bonds is 7. The highest BCUT2D eigenvalue weighted by atomic mass is 14.1. The quantitative estimate of drug-likeness (QED) is 0.433. The molecule has 2 rings (SSSR count). The minimum Gasteiger partial charge on any atom is -0.0984 e. The molecule has 0 saturated carbocycles. The summed E-state index contributed by atoms with van der Waals surface area (Å²) in [5.74, 6) is 0. The number of hydrogen-bond donors (Lipinski definition) is 0. The topological polar surface area (TPSA) is 0 Å². The van der Waals surface area contributed by atoms with E-state index in [1.165, 1.54) is 22.3 Å². The lowest BCUT2D eigenvalue weighted by Crippen LogP contribution is -1.91. The van der Waals surface area contributed by atoms with E-state index < -0.39 is 0 Å². The first kappa shape index (κ1) is 21.2. The highest BCUT2D eigenvalue weighted by Crippen LogP contribution is 2.31. The van der Waals surface area contributed by atoms with Crippen molar-refractivity contribution in [1.82, 2.24) is 0 Å². The fraction of sp³-hybridized carbons (Fsp3) is 0.143. The average Bonchev–Trinajstić information content (AvgIpc) is 2.72. The van der Waals surface area contributed by atoms with Gasteiger partial charge < -0.3 is 0 Å². The highest BCUT2D eigenvalue weighted by Gasteiger charge is 2.08. The first-order chi connectivity index (χ1) is 13.5. The van der Waals surface area contributed by atoms with Crippen LogP contribution >= 0.6 is 0 Å². The number of aryl methyl sites for hydroxylation is 2. The lowest BCUT2D eigenvalue weighted by atomic mass is 9.91. The number of hydrogen-bond acceptors (Lipinski definition) is 0. The summed E-state index contributed by atoms with van der Waals surface area (Å²) in [4.78, 5) is 0. The third kappa shape index (κ3) is 4.98. The SMILES string of the molecule is C=CC(=C\C=C/C)/C(=C/C)/C=C(\C=C)c1ccc(C)c(-c2ccccc2C)c1. The molecule has 0 heteroatoms. The predicted octanol–water partition coefficient (Wildman–Crippen LogP) is 8.17. The van der Waals surface area contributed by atoms with Crippen molar-refractivity contribution in [2.45, 2.75) is 27.7 Å². The van der Waals surface area contributed by atoms with E-state index in [4.69, 9.17) is 0 Å². The fourth-order valence-electron chi connectivity index (χ4n) is 3.21. The van der Waals surface area contributed by atoms with Crippen molar-refractivity contribution >= 4 is 5.57 Å². The van der Waals surface area contributed by atoms with Crippen LogP contribution < -0.4 is 0 Å². The molecule has 0 aromatic heterocycles. The molecule has 0 fully saturated rings. The van der Waals surface area contributed by atoms with E-state index in [0.29, 0.717) is 0 Å². The first-order valence-corrected chi connectivity index (χ1v) is 9.69. The minimum atomic E-state index is 1.09. The predicted molar refractivity (Wildman–Crippen MR) is 126 cm³/mol. The van der Waals surface area contributed by atoms with E-state index in [1.807, 2.05) is 38.2 Å². The van der Waals surface area contributed by atoms with E-state index >= 15 is 0 Å². The van der Waals surface area contributed by atoms with Gasteiger partial charge in [0.25, 0.3) is 0 Å². The zero-order valence-electron chi connectivity index (χ0n) is 17.5. The summed E-state index contributed by atoms with van der Waals surface area (Å²) in [7, 11) is 0. The number of benzene rings is 2. The molecular formula is C28H30. The molecule has 2 aromatic carbocycles. The summed E-state index contributed by atoms with van der Waals surface area (Å²) in [6.07, 6.45) is 14.2. The maximum atomic E-state index is 4.06. The van der Waals surface area contributed by atoms with Gasteiger partial charge in [-0.3, -0.25) is 0 Å². The zero-order valence-corrected chi connectivity index (χ0v) is 17.5. The van der Waals surface area contributed by atoms with Crippen molar-refractivity contribution in [3.05, 3.63) is 126 Å². The van der Waals surface area contributed by atoms with E-state index in [9.17, 15) is 0 Å². The molecular weight excluding hydrogens is 336 g/mol. The number of allylic oxidation sites excluding steroid dienone is 10. The Bertz CT molecular complexity index is 975. The largest absolute Gasteiger partial charge is 0.0984 e. The Morgan fingerprint density at radius 3 is 2.14 bits per heavy atom. The van der Waals surface area contributed by atoms with Gasteiger partial charge in [-0.2, -0.15) is 0 Å². The summed E-state index contributed by atoms with van der Waals surface area (Å²) in [6.45, 7) is 16.4. The molecule has 0 heterocycles. The molecule has 0 nitrogen and oxygen atoms in total. The smallest absolute Gasteiger partial charge is 0.0146 e. The van der Waals surface area contributed by atoms with Crippen molar-refractivity contribution in [2.75, 3.05) is 0 Å². The average molecular weight is 367 g/mol. The van der Waals surface area contributed by atoms with E-state index in [2.05, 4.69) is 87.7 Å². The summed E-state index contributed by atoms with van der Waals surface area (Å²) in [5, 5.41) is 0. The molecule has 28 heavy (non-hydrogen) atoms. The highest BCUT2D eigenvalue weighted by molar-refractivity contribution is 5.81.